The Bertz CT molecular complexity index is 292. The van der Waals surface area contributed by atoms with Crippen molar-refractivity contribution in [2.24, 2.45) is 5.92 Å². The number of carboxylic acid groups (broad SMARTS) is 1. The largest absolute Gasteiger partial charge is 0.480 e. The summed E-state index contributed by atoms with van der Waals surface area (Å²) in [7, 11) is 0. The zero-order valence-corrected chi connectivity index (χ0v) is 8.77. The number of carbonyl (C=O) groups is 2. The number of rotatable bonds is 2. The van der Waals surface area contributed by atoms with E-state index in [1.807, 2.05) is 6.92 Å². The standard InChI is InChI=1S/C10H16N2O3/c1-2-11-10(15)12-7-4-3-6(5-7)8(12)9(13)14/h6-8H,2-5H2,1H3,(H,11,15)(H,13,14). The zero-order valence-electron chi connectivity index (χ0n) is 8.77. The Hall–Kier alpha value is -1.26. The molecule has 2 bridgehead atoms. The lowest BCUT2D eigenvalue weighted by atomic mass is 9.99. The molecule has 1 saturated carbocycles. The maximum Gasteiger partial charge on any atom is 0.326 e. The quantitative estimate of drug-likeness (QED) is 0.706. The maximum absolute atomic E-state index is 11.7. The molecule has 1 aliphatic carbocycles. The summed E-state index contributed by atoms with van der Waals surface area (Å²) in [5, 5.41) is 11.8. The van der Waals surface area contributed by atoms with Crippen LogP contribution in [0, 0.1) is 5.92 Å². The van der Waals surface area contributed by atoms with Crippen molar-refractivity contribution < 1.29 is 14.7 Å². The second-order valence-electron chi connectivity index (χ2n) is 4.25. The van der Waals surface area contributed by atoms with Gasteiger partial charge < -0.3 is 15.3 Å². The highest BCUT2D eigenvalue weighted by Gasteiger charge is 2.51. The van der Waals surface area contributed by atoms with Crippen LogP contribution in [0.3, 0.4) is 0 Å². The SMILES string of the molecule is CCNC(=O)N1C2CCC(C2)C1C(=O)O. The summed E-state index contributed by atoms with van der Waals surface area (Å²) in [6.45, 7) is 2.38. The van der Waals surface area contributed by atoms with Crippen LogP contribution in [0.1, 0.15) is 26.2 Å². The van der Waals surface area contributed by atoms with Crippen LogP contribution in [0.5, 0.6) is 0 Å². The molecule has 0 aromatic carbocycles. The molecule has 15 heavy (non-hydrogen) atoms. The molecule has 2 amide bonds. The van der Waals surface area contributed by atoms with Gasteiger partial charge in [-0.2, -0.15) is 0 Å². The number of carboxylic acids is 1. The Kier molecular flexibility index (Phi) is 2.54. The molecule has 2 fully saturated rings. The summed E-state index contributed by atoms with van der Waals surface area (Å²) in [6, 6.07) is -0.685. The van der Waals surface area contributed by atoms with Crippen LogP contribution in [-0.4, -0.2) is 40.6 Å². The molecule has 2 aliphatic rings. The molecule has 2 rings (SSSR count). The smallest absolute Gasteiger partial charge is 0.326 e. The van der Waals surface area contributed by atoms with Gasteiger partial charge in [0.05, 0.1) is 0 Å². The van der Waals surface area contributed by atoms with Crippen molar-refractivity contribution in [2.45, 2.75) is 38.3 Å². The number of nitrogens with zero attached hydrogens (tertiary/aromatic N) is 1. The summed E-state index contributed by atoms with van der Waals surface area (Å²) in [6.07, 6.45) is 2.75. The Morgan fingerprint density at radius 3 is 2.80 bits per heavy atom. The predicted octanol–water partition coefficient (Wildman–Crippen LogP) is 0.653. The molecule has 0 aromatic rings. The fraction of sp³-hybridized carbons (Fsp3) is 0.800. The molecule has 0 aromatic heterocycles. The lowest BCUT2D eigenvalue weighted by molar-refractivity contribution is -0.143. The predicted molar refractivity (Wildman–Crippen MR) is 53.5 cm³/mol. The highest BCUT2D eigenvalue weighted by Crippen LogP contribution is 2.42. The third-order valence-corrected chi connectivity index (χ3v) is 3.40. The van der Waals surface area contributed by atoms with Gasteiger partial charge in [-0.1, -0.05) is 0 Å². The lowest BCUT2D eigenvalue weighted by Gasteiger charge is -2.32. The second kappa shape index (κ2) is 3.72. The average molecular weight is 212 g/mol. The van der Waals surface area contributed by atoms with Gasteiger partial charge in [0, 0.05) is 12.6 Å². The van der Waals surface area contributed by atoms with E-state index in [4.69, 9.17) is 5.11 Å². The molecular formula is C10H16N2O3. The van der Waals surface area contributed by atoms with Gasteiger partial charge in [0.2, 0.25) is 0 Å². The number of aliphatic carboxylic acids is 1. The van der Waals surface area contributed by atoms with Gasteiger partial charge in [0.1, 0.15) is 6.04 Å². The number of piperidine rings is 1. The highest BCUT2D eigenvalue weighted by molar-refractivity contribution is 5.84. The Morgan fingerprint density at radius 2 is 2.20 bits per heavy atom. The van der Waals surface area contributed by atoms with Crippen molar-refractivity contribution in [3.63, 3.8) is 0 Å². The van der Waals surface area contributed by atoms with Crippen LogP contribution in [-0.2, 0) is 4.79 Å². The average Bonchev–Trinajstić information content (AvgIpc) is 2.76. The van der Waals surface area contributed by atoms with Crippen LogP contribution in [0.25, 0.3) is 0 Å². The normalized spacial score (nSPS) is 33.1. The van der Waals surface area contributed by atoms with E-state index in [1.165, 1.54) is 4.90 Å². The fourth-order valence-corrected chi connectivity index (χ4v) is 2.84. The molecule has 5 nitrogen and oxygen atoms in total. The van der Waals surface area contributed by atoms with Crippen LogP contribution in [0.4, 0.5) is 4.79 Å². The van der Waals surface area contributed by atoms with Crippen LogP contribution in [0.2, 0.25) is 0 Å². The van der Waals surface area contributed by atoms with Crippen molar-refractivity contribution in [3.05, 3.63) is 0 Å². The van der Waals surface area contributed by atoms with Crippen molar-refractivity contribution in [1.29, 1.82) is 0 Å². The van der Waals surface area contributed by atoms with E-state index in [1.54, 1.807) is 0 Å². The van der Waals surface area contributed by atoms with Gasteiger partial charge in [-0.05, 0) is 32.1 Å². The van der Waals surface area contributed by atoms with Crippen molar-refractivity contribution >= 4 is 12.0 Å². The van der Waals surface area contributed by atoms with E-state index in [2.05, 4.69) is 5.32 Å². The van der Waals surface area contributed by atoms with Crippen molar-refractivity contribution in [1.82, 2.24) is 10.2 Å². The van der Waals surface area contributed by atoms with Crippen molar-refractivity contribution in [3.8, 4) is 0 Å². The second-order valence-corrected chi connectivity index (χ2v) is 4.25. The number of likely N-dealkylation sites (tertiary alicyclic amines) is 1. The van der Waals surface area contributed by atoms with Gasteiger partial charge in [-0.25, -0.2) is 9.59 Å². The first-order valence-electron chi connectivity index (χ1n) is 5.44. The summed E-state index contributed by atoms with van der Waals surface area (Å²) >= 11 is 0. The first-order valence-corrected chi connectivity index (χ1v) is 5.44. The van der Waals surface area contributed by atoms with Crippen LogP contribution >= 0.6 is 0 Å². The van der Waals surface area contributed by atoms with E-state index in [0.717, 1.165) is 19.3 Å². The van der Waals surface area contributed by atoms with Gasteiger partial charge >= 0.3 is 12.0 Å². The minimum Gasteiger partial charge on any atom is -0.480 e. The molecule has 1 heterocycles. The number of hydrogen-bond donors (Lipinski definition) is 2. The summed E-state index contributed by atoms with van der Waals surface area (Å²) < 4.78 is 0. The molecule has 1 aliphatic heterocycles. The maximum atomic E-state index is 11.7. The molecule has 0 spiro atoms. The summed E-state index contributed by atoms with van der Waals surface area (Å²) in [4.78, 5) is 24.3. The highest BCUT2D eigenvalue weighted by atomic mass is 16.4. The number of amides is 2. The Morgan fingerprint density at radius 1 is 1.47 bits per heavy atom. The zero-order chi connectivity index (χ0) is 11.0. The first-order chi connectivity index (χ1) is 7.15. The Labute approximate surface area is 88.4 Å². The van der Waals surface area contributed by atoms with Gasteiger partial charge in [-0.15, -0.1) is 0 Å². The van der Waals surface area contributed by atoms with Gasteiger partial charge in [0.15, 0.2) is 0 Å². The fourth-order valence-electron chi connectivity index (χ4n) is 2.84. The van der Waals surface area contributed by atoms with Gasteiger partial charge in [-0.3, -0.25) is 0 Å². The van der Waals surface area contributed by atoms with Crippen LogP contribution < -0.4 is 5.32 Å². The van der Waals surface area contributed by atoms with E-state index in [0.29, 0.717) is 6.54 Å². The van der Waals surface area contributed by atoms with Gasteiger partial charge in [0.25, 0.3) is 0 Å². The van der Waals surface area contributed by atoms with Crippen LogP contribution in [0.15, 0.2) is 0 Å². The molecule has 1 saturated heterocycles. The minimum atomic E-state index is -0.867. The molecule has 0 radical (unpaired) electrons. The number of carbonyl (C=O) groups excluding carboxylic acids is 1. The molecule has 2 N–H and O–H groups in total. The lowest BCUT2D eigenvalue weighted by Crippen LogP contribution is -2.52. The number of hydrogen-bond acceptors (Lipinski definition) is 2. The topological polar surface area (TPSA) is 69.6 Å². The first kappa shape index (κ1) is 10.3. The number of fused-ring (bicyclic) bond motifs is 2. The molecular weight excluding hydrogens is 196 g/mol. The monoisotopic (exact) mass is 212 g/mol. The Balaban J connectivity index is 2.14. The van der Waals surface area contributed by atoms with Crippen molar-refractivity contribution in [2.75, 3.05) is 6.54 Å². The minimum absolute atomic E-state index is 0.141. The third-order valence-electron chi connectivity index (χ3n) is 3.40. The van der Waals surface area contributed by atoms with E-state index >= 15 is 0 Å². The molecule has 3 unspecified atom stereocenters. The number of nitrogens with one attached hydrogen (secondary N) is 1. The summed E-state index contributed by atoms with van der Waals surface area (Å²) in [5.41, 5.74) is 0. The van der Waals surface area contributed by atoms with E-state index in [-0.39, 0.29) is 18.0 Å². The van der Waals surface area contributed by atoms with E-state index < -0.39 is 12.0 Å². The molecule has 5 heteroatoms. The van der Waals surface area contributed by atoms with E-state index in [9.17, 15) is 9.59 Å². The molecule has 3 atom stereocenters. The third kappa shape index (κ3) is 1.56. The molecule has 84 valence electrons. The number of urea groups is 1. The summed E-state index contributed by atoms with van der Waals surface area (Å²) in [5.74, 6) is -0.705.